The second-order valence-corrected chi connectivity index (χ2v) is 6.38. The van der Waals surface area contributed by atoms with Crippen LogP contribution in [0.1, 0.15) is 23.7 Å². The molecule has 0 amide bonds. The average Bonchev–Trinajstić information content (AvgIpc) is 2.55. The van der Waals surface area contributed by atoms with Crippen molar-refractivity contribution in [2.75, 3.05) is 6.54 Å². The highest BCUT2D eigenvalue weighted by Gasteiger charge is 2.09. The van der Waals surface area contributed by atoms with Gasteiger partial charge in [0.05, 0.1) is 5.69 Å². The van der Waals surface area contributed by atoms with Crippen molar-refractivity contribution >= 4 is 17.2 Å². The maximum absolute atomic E-state index is 12.3. The van der Waals surface area contributed by atoms with Crippen LogP contribution < -0.4 is 5.56 Å². The Morgan fingerprint density at radius 3 is 2.58 bits per heavy atom. The fourth-order valence-corrected chi connectivity index (χ4v) is 2.82. The van der Waals surface area contributed by atoms with Crippen molar-refractivity contribution in [2.24, 2.45) is 0 Å². The maximum Gasteiger partial charge on any atom is 0.258 e. The number of pyridine rings is 1. The van der Waals surface area contributed by atoms with Crippen LogP contribution in [0.4, 0.5) is 0 Å². The summed E-state index contributed by atoms with van der Waals surface area (Å²) in [5, 5.41) is 0.737. The van der Waals surface area contributed by atoms with E-state index in [-0.39, 0.29) is 5.56 Å². The lowest BCUT2D eigenvalue weighted by Crippen LogP contribution is -2.25. The van der Waals surface area contributed by atoms with Crippen LogP contribution in [0, 0.1) is 6.92 Å². The van der Waals surface area contributed by atoms with Crippen LogP contribution in [-0.4, -0.2) is 20.8 Å². The highest BCUT2D eigenvalue weighted by Crippen LogP contribution is 2.13. The zero-order valence-electron chi connectivity index (χ0n) is 13.9. The molecule has 0 spiro atoms. The number of rotatable bonds is 5. The first-order valence-corrected chi connectivity index (χ1v) is 8.38. The molecule has 0 saturated carbocycles. The maximum atomic E-state index is 12.3. The van der Waals surface area contributed by atoms with Crippen molar-refractivity contribution < 1.29 is 0 Å². The summed E-state index contributed by atoms with van der Waals surface area (Å²) >= 11 is 5.94. The molecular weight excluding hydrogens is 322 g/mol. The number of benzene rings is 1. The van der Waals surface area contributed by atoms with Gasteiger partial charge in [-0.05, 0) is 48.9 Å². The van der Waals surface area contributed by atoms with E-state index in [2.05, 4.69) is 16.8 Å². The van der Waals surface area contributed by atoms with Gasteiger partial charge in [0, 0.05) is 30.4 Å². The predicted octanol–water partition coefficient (Wildman–Crippen LogP) is 3.68. The molecule has 124 valence electrons. The Hall–Kier alpha value is -2.17. The number of hydrogen-bond donors (Lipinski definition) is 0. The van der Waals surface area contributed by atoms with E-state index in [1.165, 1.54) is 5.56 Å². The minimum absolute atomic E-state index is 0.0439. The second kappa shape index (κ2) is 7.16. The van der Waals surface area contributed by atoms with Gasteiger partial charge in [0.25, 0.3) is 5.56 Å². The van der Waals surface area contributed by atoms with E-state index < -0.39 is 0 Å². The Labute approximate surface area is 146 Å². The van der Waals surface area contributed by atoms with E-state index in [1.807, 2.05) is 43.3 Å². The first-order chi connectivity index (χ1) is 11.5. The van der Waals surface area contributed by atoms with Crippen molar-refractivity contribution in [1.29, 1.82) is 0 Å². The molecule has 0 aliphatic carbocycles. The van der Waals surface area contributed by atoms with Gasteiger partial charge in [-0.15, -0.1) is 0 Å². The van der Waals surface area contributed by atoms with Crippen LogP contribution in [-0.2, 0) is 13.1 Å². The van der Waals surface area contributed by atoms with Gasteiger partial charge in [0.1, 0.15) is 5.65 Å². The molecule has 3 aromatic rings. The summed E-state index contributed by atoms with van der Waals surface area (Å²) in [6, 6.07) is 13.3. The van der Waals surface area contributed by atoms with Gasteiger partial charge in [0.2, 0.25) is 0 Å². The minimum atomic E-state index is -0.0439. The summed E-state index contributed by atoms with van der Waals surface area (Å²) in [4.78, 5) is 19.2. The molecule has 0 atom stereocenters. The molecule has 0 N–H and O–H groups in total. The van der Waals surface area contributed by atoms with E-state index in [1.54, 1.807) is 16.7 Å². The zero-order chi connectivity index (χ0) is 17.1. The molecule has 0 aliphatic rings. The van der Waals surface area contributed by atoms with Gasteiger partial charge < -0.3 is 0 Å². The fraction of sp³-hybridized carbons (Fsp3) is 0.263. The molecule has 2 aromatic heterocycles. The summed E-state index contributed by atoms with van der Waals surface area (Å²) < 4.78 is 1.58. The van der Waals surface area contributed by atoms with E-state index in [0.29, 0.717) is 12.2 Å². The van der Waals surface area contributed by atoms with Crippen molar-refractivity contribution in [3.05, 3.63) is 80.9 Å². The Balaban J connectivity index is 1.84. The molecule has 24 heavy (non-hydrogen) atoms. The first kappa shape index (κ1) is 16.7. The molecule has 0 unspecified atom stereocenters. The molecule has 0 radical (unpaired) electrons. The third kappa shape index (κ3) is 3.83. The molecule has 0 saturated heterocycles. The number of hydrogen-bond acceptors (Lipinski definition) is 3. The van der Waals surface area contributed by atoms with Gasteiger partial charge in [0.15, 0.2) is 0 Å². The monoisotopic (exact) mass is 341 g/mol. The molecule has 0 fully saturated rings. The number of aryl methyl sites for hydroxylation is 1. The summed E-state index contributed by atoms with van der Waals surface area (Å²) in [6.07, 6.45) is 1.77. The summed E-state index contributed by atoms with van der Waals surface area (Å²) in [5.74, 6) is 0. The SMILES string of the molecule is CCN(Cc1ccc(Cl)cc1)Cc1cc(=O)n2ccc(C)cc2n1. The highest BCUT2D eigenvalue weighted by molar-refractivity contribution is 6.30. The van der Waals surface area contributed by atoms with Crippen LogP contribution in [0.25, 0.3) is 5.65 Å². The molecule has 1 aromatic carbocycles. The number of halogens is 1. The molecule has 0 bridgehead atoms. The predicted molar refractivity (Wildman–Crippen MR) is 97.4 cm³/mol. The summed E-state index contributed by atoms with van der Waals surface area (Å²) in [7, 11) is 0. The lowest BCUT2D eigenvalue weighted by Gasteiger charge is -2.20. The van der Waals surface area contributed by atoms with E-state index in [0.717, 1.165) is 29.4 Å². The molecule has 0 aliphatic heterocycles. The molecule has 2 heterocycles. The zero-order valence-corrected chi connectivity index (χ0v) is 14.6. The van der Waals surface area contributed by atoms with Gasteiger partial charge in [-0.1, -0.05) is 30.7 Å². The van der Waals surface area contributed by atoms with Crippen LogP contribution >= 0.6 is 11.6 Å². The van der Waals surface area contributed by atoms with Gasteiger partial charge >= 0.3 is 0 Å². The Kier molecular flexibility index (Phi) is 4.97. The van der Waals surface area contributed by atoms with Crippen molar-refractivity contribution in [1.82, 2.24) is 14.3 Å². The first-order valence-electron chi connectivity index (χ1n) is 8.01. The van der Waals surface area contributed by atoms with Crippen LogP contribution in [0.15, 0.2) is 53.5 Å². The largest absolute Gasteiger partial charge is 0.294 e. The summed E-state index contributed by atoms with van der Waals surface area (Å²) in [5.41, 5.74) is 3.72. The van der Waals surface area contributed by atoms with Gasteiger partial charge in [-0.25, -0.2) is 4.98 Å². The minimum Gasteiger partial charge on any atom is -0.294 e. The standard InChI is InChI=1S/C19H20ClN3O/c1-3-22(12-15-4-6-16(20)7-5-15)13-17-11-19(24)23-9-8-14(2)10-18(23)21-17/h4-11H,3,12-13H2,1-2H3. The molecular formula is C19H20ClN3O. The van der Waals surface area contributed by atoms with Crippen molar-refractivity contribution in [2.45, 2.75) is 26.9 Å². The number of aromatic nitrogens is 2. The topological polar surface area (TPSA) is 37.6 Å². The van der Waals surface area contributed by atoms with E-state index in [4.69, 9.17) is 11.6 Å². The lowest BCUT2D eigenvalue weighted by molar-refractivity contribution is 0.268. The third-order valence-electron chi connectivity index (χ3n) is 4.03. The number of fused-ring (bicyclic) bond motifs is 1. The second-order valence-electron chi connectivity index (χ2n) is 5.95. The Bertz CT molecular complexity index is 903. The van der Waals surface area contributed by atoms with E-state index >= 15 is 0 Å². The molecule has 5 heteroatoms. The Morgan fingerprint density at radius 2 is 1.88 bits per heavy atom. The Morgan fingerprint density at radius 1 is 1.12 bits per heavy atom. The van der Waals surface area contributed by atoms with Gasteiger partial charge in [-0.2, -0.15) is 0 Å². The van der Waals surface area contributed by atoms with Crippen LogP contribution in [0.2, 0.25) is 5.02 Å². The quantitative estimate of drug-likeness (QED) is 0.710. The normalized spacial score (nSPS) is 11.3. The fourth-order valence-electron chi connectivity index (χ4n) is 2.69. The third-order valence-corrected chi connectivity index (χ3v) is 4.28. The number of nitrogens with zero attached hydrogens (tertiary/aromatic N) is 3. The molecule has 4 nitrogen and oxygen atoms in total. The molecule has 3 rings (SSSR count). The van der Waals surface area contributed by atoms with Gasteiger partial charge in [-0.3, -0.25) is 14.1 Å². The smallest absolute Gasteiger partial charge is 0.258 e. The lowest BCUT2D eigenvalue weighted by atomic mass is 10.2. The average molecular weight is 342 g/mol. The van der Waals surface area contributed by atoms with Crippen molar-refractivity contribution in [3.8, 4) is 0 Å². The van der Waals surface area contributed by atoms with Crippen LogP contribution in [0.5, 0.6) is 0 Å². The van der Waals surface area contributed by atoms with Crippen LogP contribution in [0.3, 0.4) is 0 Å². The van der Waals surface area contributed by atoms with Crippen molar-refractivity contribution in [3.63, 3.8) is 0 Å². The van der Waals surface area contributed by atoms with E-state index in [9.17, 15) is 4.79 Å². The summed E-state index contributed by atoms with van der Waals surface area (Å²) in [6.45, 7) is 6.41. The highest BCUT2D eigenvalue weighted by atomic mass is 35.5.